The van der Waals surface area contributed by atoms with Crippen LogP contribution in [0.15, 0.2) is 42.5 Å². The van der Waals surface area contributed by atoms with Crippen molar-refractivity contribution in [2.24, 2.45) is 0 Å². The van der Waals surface area contributed by atoms with Crippen LogP contribution >= 0.6 is 0 Å². The van der Waals surface area contributed by atoms with Gasteiger partial charge in [0.15, 0.2) is 17.5 Å². The Morgan fingerprint density at radius 2 is 1.68 bits per heavy atom. The van der Waals surface area contributed by atoms with Crippen molar-refractivity contribution >= 4 is 5.82 Å². The Hall–Kier alpha value is -2.76. The zero-order valence-electron chi connectivity index (χ0n) is 13.3. The van der Waals surface area contributed by atoms with Crippen LogP contribution < -0.4 is 5.73 Å². The molecule has 1 fully saturated rings. The SMILES string of the molecule is Nc1c(-c2cc(F)c(F)c(F)c2)nc(C2CC2)n1Cc1ccccc1. The molecule has 1 aromatic heterocycles. The lowest BCUT2D eigenvalue weighted by Crippen LogP contribution is -2.08. The number of aromatic nitrogens is 2. The number of imidazole rings is 1. The number of anilines is 1. The highest BCUT2D eigenvalue weighted by Crippen LogP contribution is 2.42. The van der Waals surface area contributed by atoms with Gasteiger partial charge in [0.2, 0.25) is 0 Å². The molecule has 25 heavy (non-hydrogen) atoms. The lowest BCUT2D eigenvalue weighted by Gasteiger charge is -2.09. The Morgan fingerprint density at radius 3 is 2.28 bits per heavy atom. The van der Waals surface area contributed by atoms with Crippen molar-refractivity contribution in [2.75, 3.05) is 5.73 Å². The van der Waals surface area contributed by atoms with Gasteiger partial charge in [0.25, 0.3) is 0 Å². The van der Waals surface area contributed by atoms with Gasteiger partial charge in [0, 0.05) is 11.5 Å². The van der Waals surface area contributed by atoms with E-state index in [1.807, 2.05) is 34.9 Å². The highest BCUT2D eigenvalue weighted by molar-refractivity contribution is 5.71. The van der Waals surface area contributed by atoms with E-state index in [4.69, 9.17) is 5.73 Å². The van der Waals surface area contributed by atoms with Crippen molar-refractivity contribution in [1.82, 2.24) is 9.55 Å². The summed E-state index contributed by atoms with van der Waals surface area (Å²) in [4.78, 5) is 4.53. The van der Waals surface area contributed by atoms with Gasteiger partial charge in [-0.15, -0.1) is 0 Å². The predicted octanol–water partition coefficient (Wildman–Crippen LogP) is 4.48. The van der Waals surface area contributed by atoms with Crippen molar-refractivity contribution in [1.29, 1.82) is 0 Å². The third kappa shape index (κ3) is 2.88. The fourth-order valence-electron chi connectivity index (χ4n) is 2.97. The van der Waals surface area contributed by atoms with E-state index in [1.54, 1.807) is 0 Å². The molecule has 1 aliphatic rings. The molecule has 128 valence electrons. The van der Waals surface area contributed by atoms with Crippen LogP contribution in [0.2, 0.25) is 0 Å². The number of halogens is 3. The second-order valence-electron chi connectivity index (χ2n) is 6.30. The summed E-state index contributed by atoms with van der Waals surface area (Å²) in [7, 11) is 0. The third-order valence-electron chi connectivity index (χ3n) is 4.42. The van der Waals surface area contributed by atoms with E-state index < -0.39 is 17.5 Å². The average molecular weight is 343 g/mol. The van der Waals surface area contributed by atoms with E-state index in [-0.39, 0.29) is 11.3 Å². The van der Waals surface area contributed by atoms with Crippen molar-refractivity contribution in [3.63, 3.8) is 0 Å². The Labute approximate surface area is 142 Å². The van der Waals surface area contributed by atoms with Gasteiger partial charge in [-0.05, 0) is 30.5 Å². The van der Waals surface area contributed by atoms with E-state index in [2.05, 4.69) is 4.98 Å². The Balaban J connectivity index is 1.81. The van der Waals surface area contributed by atoms with Gasteiger partial charge < -0.3 is 10.3 Å². The summed E-state index contributed by atoms with van der Waals surface area (Å²) in [6, 6.07) is 11.6. The van der Waals surface area contributed by atoms with Crippen LogP contribution in [0.25, 0.3) is 11.3 Å². The second-order valence-corrected chi connectivity index (χ2v) is 6.30. The molecule has 2 aromatic carbocycles. The monoisotopic (exact) mass is 343 g/mol. The molecule has 0 aliphatic heterocycles. The fraction of sp³-hybridized carbons (Fsp3) is 0.211. The lowest BCUT2D eigenvalue weighted by molar-refractivity contribution is 0.447. The number of hydrogen-bond acceptors (Lipinski definition) is 2. The summed E-state index contributed by atoms with van der Waals surface area (Å²) in [5.74, 6) is -2.55. The topological polar surface area (TPSA) is 43.8 Å². The highest BCUT2D eigenvalue weighted by atomic mass is 19.2. The van der Waals surface area contributed by atoms with Crippen LogP contribution in [-0.2, 0) is 6.54 Å². The zero-order valence-corrected chi connectivity index (χ0v) is 13.3. The van der Waals surface area contributed by atoms with Crippen LogP contribution in [0.4, 0.5) is 19.0 Å². The fourth-order valence-corrected chi connectivity index (χ4v) is 2.97. The number of nitrogens with zero attached hydrogens (tertiary/aromatic N) is 2. The molecule has 6 heteroatoms. The molecular weight excluding hydrogens is 327 g/mol. The maximum Gasteiger partial charge on any atom is 0.194 e. The van der Waals surface area contributed by atoms with Crippen LogP contribution in [0.1, 0.15) is 30.1 Å². The van der Waals surface area contributed by atoms with Crippen LogP contribution in [0, 0.1) is 17.5 Å². The van der Waals surface area contributed by atoms with Gasteiger partial charge in [-0.3, -0.25) is 0 Å². The molecular formula is C19H16F3N3. The van der Waals surface area contributed by atoms with E-state index in [9.17, 15) is 13.2 Å². The molecule has 0 unspecified atom stereocenters. The molecule has 3 nitrogen and oxygen atoms in total. The van der Waals surface area contributed by atoms with E-state index in [1.165, 1.54) is 0 Å². The normalized spacial score (nSPS) is 14.0. The molecule has 1 saturated carbocycles. The number of hydrogen-bond donors (Lipinski definition) is 1. The zero-order chi connectivity index (χ0) is 17.6. The smallest absolute Gasteiger partial charge is 0.194 e. The van der Waals surface area contributed by atoms with Crippen molar-refractivity contribution in [3.8, 4) is 11.3 Å². The van der Waals surface area contributed by atoms with Gasteiger partial charge in [-0.2, -0.15) is 0 Å². The first kappa shape index (κ1) is 15.7. The van der Waals surface area contributed by atoms with Gasteiger partial charge >= 0.3 is 0 Å². The Kier molecular flexibility index (Phi) is 3.75. The molecule has 0 radical (unpaired) electrons. The molecule has 0 amide bonds. The Bertz CT molecular complexity index is 908. The average Bonchev–Trinajstić information content (AvgIpc) is 3.39. The minimum Gasteiger partial charge on any atom is -0.383 e. The van der Waals surface area contributed by atoms with Crippen LogP contribution in [-0.4, -0.2) is 9.55 Å². The summed E-state index contributed by atoms with van der Waals surface area (Å²) in [6.45, 7) is 0.525. The highest BCUT2D eigenvalue weighted by Gasteiger charge is 2.31. The Morgan fingerprint density at radius 1 is 1.04 bits per heavy atom. The largest absolute Gasteiger partial charge is 0.383 e. The first-order valence-corrected chi connectivity index (χ1v) is 8.09. The van der Waals surface area contributed by atoms with Crippen LogP contribution in [0.3, 0.4) is 0 Å². The van der Waals surface area contributed by atoms with Crippen molar-refractivity contribution < 1.29 is 13.2 Å². The summed E-state index contributed by atoms with van der Waals surface area (Å²) < 4.78 is 42.3. The molecule has 1 heterocycles. The van der Waals surface area contributed by atoms with Gasteiger partial charge in [0.1, 0.15) is 17.3 Å². The van der Waals surface area contributed by atoms with Crippen molar-refractivity contribution in [2.45, 2.75) is 25.3 Å². The summed E-state index contributed by atoms with van der Waals surface area (Å²) in [5, 5.41) is 0. The summed E-state index contributed by atoms with van der Waals surface area (Å²) >= 11 is 0. The van der Waals surface area contributed by atoms with E-state index >= 15 is 0 Å². The molecule has 3 aromatic rings. The number of nitrogens with two attached hydrogens (primary N) is 1. The maximum absolute atomic E-state index is 13.6. The van der Waals surface area contributed by atoms with Gasteiger partial charge in [0.05, 0.1) is 6.54 Å². The number of nitrogen functional groups attached to an aromatic ring is 1. The quantitative estimate of drug-likeness (QED) is 0.710. The molecule has 0 bridgehead atoms. The van der Waals surface area contributed by atoms with Crippen molar-refractivity contribution in [3.05, 3.63) is 71.3 Å². The molecule has 1 aliphatic carbocycles. The minimum absolute atomic E-state index is 0.141. The molecule has 0 saturated heterocycles. The third-order valence-corrected chi connectivity index (χ3v) is 4.42. The number of benzene rings is 2. The molecule has 4 rings (SSSR count). The molecule has 0 atom stereocenters. The maximum atomic E-state index is 13.6. The van der Waals surface area contributed by atoms with E-state index in [0.717, 1.165) is 36.4 Å². The summed E-state index contributed by atoms with van der Waals surface area (Å²) in [5.41, 5.74) is 7.73. The summed E-state index contributed by atoms with van der Waals surface area (Å²) in [6.07, 6.45) is 2.02. The van der Waals surface area contributed by atoms with Crippen LogP contribution in [0.5, 0.6) is 0 Å². The van der Waals surface area contributed by atoms with E-state index in [0.29, 0.717) is 18.3 Å². The van der Waals surface area contributed by atoms with Gasteiger partial charge in [-0.1, -0.05) is 30.3 Å². The predicted molar refractivity (Wildman–Crippen MR) is 89.5 cm³/mol. The first-order valence-electron chi connectivity index (χ1n) is 8.09. The first-order chi connectivity index (χ1) is 12.0. The second kappa shape index (κ2) is 5.95. The molecule has 2 N–H and O–H groups in total. The lowest BCUT2D eigenvalue weighted by atomic mass is 10.1. The molecule has 0 spiro atoms. The number of rotatable bonds is 4. The van der Waals surface area contributed by atoms with Gasteiger partial charge in [-0.25, -0.2) is 18.2 Å². The standard InChI is InChI=1S/C19H16F3N3/c20-14-8-13(9-15(21)16(14)22)17-18(23)25(19(24-17)12-6-7-12)10-11-4-2-1-3-5-11/h1-5,8-9,12H,6-7,10,23H2. The minimum atomic E-state index is -1.49.